The third-order valence-electron chi connectivity index (χ3n) is 1.25. The van der Waals surface area contributed by atoms with Crippen molar-refractivity contribution in [3.63, 3.8) is 0 Å². The Morgan fingerprint density at radius 2 is 2.23 bits per heavy atom. The fourth-order valence-corrected chi connectivity index (χ4v) is 0.757. The van der Waals surface area contributed by atoms with E-state index in [1.54, 1.807) is 0 Å². The first-order valence-corrected chi connectivity index (χ1v) is 3.47. The van der Waals surface area contributed by atoms with Crippen LogP contribution in [-0.2, 0) is 11.3 Å². The minimum atomic E-state index is -4.58. The van der Waals surface area contributed by atoms with Gasteiger partial charge in [0.25, 0.3) is 0 Å². The molecule has 2 N–H and O–H groups in total. The smallest absolute Gasteiger partial charge is 0.382 e. The first-order chi connectivity index (χ1) is 5.97. The Kier molecular flexibility index (Phi) is 2.76. The van der Waals surface area contributed by atoms with Crippen LogP contribution in [0.2, 0.25) is 0 Å². The van der Waals surface area contributed by atoms with Gasteiger partial charge < -0.3 is 5.73 Å². The maximum absolute atomic E-state index is 11.5. The summed E-state index contributed by atoms with van der Waals surface area (Å²) in [6, 6.07) is 1.49. The molecule has 0 aromatic carbocycles. The van der Waals surface area contributed by atoms with Gasteiger partial charge >= 0.3 is 6.36 Å². The summed E-state index contributed by atoms with van der Waals surface area (Å²) in [4.78, 5) is 0. The van der Waals surface area contributed by atoms with E-state index in [0.717, 1.165) is 0 Å². The molecule has 0 unspecified atom stereocenters. The predicted molar refractivity (Wildman–Crippen MR) is 38.6 cm³/mol. The molecule has 0 spiro atoms. The van der Waals surface area contributed by atoms with Crippen molar-refractivity contribution in [1.29, 1.82) is 0 Å². The molecule has 7 heteroatoms. The molecule has 0 aliphatic heterocycles. The summed E-state index contributed by atoms with van der Waals surface area (Å²) in [6.45, 7) is -0.443. The molecule has 1 rings (SSSR count). The molecule has 0 bridgehead atoms. The molecule has 1 aromatic rings. The summed E-state index contributed by atoms with van der Waals surface area (Å²) in [5.74, 6) is 0.270. The highest BCUT2D eigenvalue weighted by atomic mass is 19.4. The van der Waals surface area contributed by atoms with Gasteiger partial charge in [0.1, 0.15) is 5.82 Å². The lowest BCUT2D eigenvalue weighted by molar-refractivity contribution is -0.325. The summed E-state index contributed by atoms with van der Waals surface area (Å²) in [5.41, 5.74) is 5.24. The Bertz CT molecular complexity index is 270. The zero-order chi connectivity index (χ0) is 9.90. The van der Waals surface area contributed by atoms with Gasteiger partial charge in [0.2, 0.25) is 0 Å². The second-order valence-corrected chi connectivity index (χ2v) is 2.30. The second-order valence-electron chi connectivity index (χ2n) is 2.30. The minimum Gasteiger partial charge on any atom is -0.382 e. The minimum absolute atomic E-state index is 0.0245. The van der Waals surface area contributed by atoms with E-state index in [0.29, 0.717) is 0 Å². The predicted octanol–water partition coefficient (Wildman–Crippen LogP) is 1.00. The molecule has 74 valence electrons. The Morgan fingerprint density at radius 1 is 1.54 bits per heavy atom. The first kappa shape index (κ1) is 9.85. The average molecular weight is 195 g/mol. The second kappa shape index (κ2) is 3.65. The molecule has 0 radical (unpaired) electrons. The van der Waals surface area contributed by atoms with Crippen LogP contribution < -0.4 is 5.73 Å². The van der Waals surface area contributed by atoms with Gasteiger partial charge in [-0.05, 0) is 6.07 Å². The molecule has 0 fully saturated rings. The molecule has 1 heterocycles. The van der Waals surface area contributed by atoms with Crippen molar-refractivity contribution in [2.45, 2.75) is 12.9 Å². The van der Waals surface area contributed by atoms with Crippen LogP contribution in [0, 0.1) is 0 Å². The van der Waals surface area contributed by atoms with E-state index in [1.165, 1.54) is 16.9 Å². The number of ether oxygens (including phenoxy) is 1. The lowest BCUT2D eigenvalue weighted by Gasteiger charge is -2.06. The Balaban J connectivity index is 2.28. The summed E-state index contributed by atoms with van der Waals surface area (Å²) in [7, 11) is 0. The molecular formula is C6H8F3N3O. The summed E-state index contributed by atoms with van der Waals surface area (Å²) < 4.78 is 39.3. The lowest BCUT2D eigenvalue weighted by Crippen LogP contribution is -2.17. The number of hydrogen-bond acceptors (Lipinski definition) is 3. The highest BCUT2D eigenvalue weighted by Gasteiger charge is 2.28. The standard InChI is InChI=1S/C6H8F3N3O/c7-6(8,9)13-4-3-12-2-1-5(10)11-12/h1-2H,3-4H2,(H2,10,11). The number of halogens is 3. The average Bonchev–Trinajstić information content (AvgIpc) is 2.33. The van der Waals surface area contributed by atoms with Gasteiger partial charge in [0, 0.05) is 6.20 Å². The van der Waals surface area contributed by atoms with Crippen molar-refractivity contribution in [3.8, 4) is 0 Å². The van der Waals surface area contributed by atoms with Crippen LogP contribution in [0.25, 0.3) is 0 Å². The molecule has 13 heavy (non-hydrogen) atoms. The Morgan fingerprint density at radius 3 is 2.69 bits per heavy atom. The normalized spacial score (nSPS) is 11.9. The molecule has 0 atom stereocenters. The molecule has 4 nitrogen and oxygen atoms in total. The fraction of sp³-hybridized carbons (Fsp3) is 0.500. The van der Waals surface area contributed by atoms with E-state index in [-0.39, 0.29) is 12.4 Å². The highest BCUT2D eigenvalue weighted by Crippen LogP contribution is 2.15. The van der Waals surface area contributed by atoms with Gasteiger partial charge in [-0.15, -0.1) is 13.2 Å². The SMILES string of the molecule is Nc1ccn(CCOC(F)(F)F)n1. The number of alkyl halides is 3. The zero-order valence-corrected chi connectivity index (χ0v) is 6.58. The van der Waals surface area contributed by atoms with Crippen molar-refractivity contribution >= 4 is 5.82 Å². The van der Waals surface area contributed by atoms with Crippen LogP contribution in [0.5, 0.6) is 0 Å². The third-order valence-corrected chi connectivity index (χ3v) is 1.25. The van der Waals surface area contributed by atoms with Crippen LogP contribution >= 0.6 is 0 Å². The fourth-order valence-electron chi connectivity index (χ4n) is 0.757. The van der Waals surface area contributed by atoms with Crippen molar-refractivity contribution in [1.82, 2.24) is 9.78 Å². The molecule has 0 saturated heterocycles. The molecule has 0 amide bonds. The van der Waals surface area contributed by atoms with Crippen molar-refractivity contribution in [3.05, 3.63) is 12.3 Å². The molecular weight excluding hydrogens is 187 g/mol. The monoisotopic (exact) mass is 195 g/mol. The van der Waals surface area contributed by atoms with E-state index in [9.17, 15) is 13.2 Å². The van der Waals surface area contributed by atoms with Gasteiger partial charge in [-0.25, -0.2) is 0 Å². The number of nitrogens with two attached hydrogens (primary N) is 1. The van der Waals surface area contributed by atoms with E-state index in [2.05, 4.69) is 9.84 Å². The van der Waals surface area contributed by atoms with E-state index >= 15 is 0 Å². The molecule has 0 saturated carbocycles. The Hall–Kier alpha value is -1.24. The van der Waals surface area contributed by atoms with E-state index in [1.807, 2.05) is 0 Å². The number of anilines is 1. The van der Waals surface area contributed by atoms with Crippen LogP contribution in [0.4, 0.5) is 19.0 Å². The topological polar surface area (TPSA) is 53.1 Å². The summed E-state index contributed by atoms with van der Waals surface area (Å²) >= 11 is 0. The quantitative estimate of drug-likeness (QED) is 0.782. The van der Waals surface area contributed by atoms with Gasteiger partial charge in [0.05, 0.1) is 13.2 Å². The first-order valence-electron chi connectivity index (χ1n) is 3.47. The third kappa shape index (κ3) is 3.79. The molecule has 1 aromatic heterocycles. The number of rotatable bonds is 3. The van der Waals surface area contributed by atoms with E-state index < -0.39 is 13.0 Å². The lowest BCUT2D eigenvalue weighted by atomic mass is 10.6. The van der Waals surface area contributed by atoms with Gasteiger partial charge in [-0.3, -0.25) is 9.42 Å². The number of nitrogens with zero attached hydrogens (tertiary/aromatic N) is 2. The number of aromatic nitrogens is 2. The number of nitrogen functional groups attached to an aromatic ring is 1. The molecule has 0 aliphatic rings. The van der Waals surface area contributed by atoms with Gasteiger partial charge in [-0.2, -0.15) is 5.10 Å². The van der Waals surface area contributed by atoms with Crippen molar-refractivity contribution < 1.29 is 17.9 Å². The zero-order valence-electron chi connectivity index (χ0n) is 6.58. The largest absolute Gasteiger partial charge is 0.522 e. The van der Waals surface area contributed by atoms with Crippen LogP contribution in [0.3, 0.4) is 0 Å². The summed E-state index contributed by atoms with van der Waals surface area (Å²) in [5, 5.41) is 3.68. The van der Waals surface area contributed by atoms with Crippen molar-refractivity contribution in [2.75, 3.05) is 12.3 Å². The highest BCUT2D eigenvalue weighted by molar-refractivity contribution is 5.23. The molecule has 0 aliphatic carbocycles. The van der Waals surface area contributed by atoms with Crippen LogP contribution in [0.15, 0.2) is 12.3 Å². The van der Waals surface area contributed by atoms with Crippen molar-refractivity contribution in [2.24, 2.45) is 0 Å². The van der Waals surface area contributed by atoms with Gasteiger partial charge in [-0.1, -0.05) is 0 Å². The maximum Gasteiger partial charge on any atom is 0.522 e. The van der Waals surface area contributed by atoms with E-state index in [4.69, 9.17) is 5.73 Å². The van der Waals surface area contributed by atoms with Crippen LogP contribution in [-0.4, -0.2) is 22.7 Å². The Labute approximate surface area is 72.1 Å². The van der Waals surface area contributed by atoms with Crippen LogP contribution in [0.1, 0.15) is 0 Å². The summed E-state index contributed by atoms with van der Waals surface area (Å²) in [6.07, 6.45) is -3.10. The number of hydrogen-bond donors (Lipinski definition) is 1. The maximum atomic E-state index is 11.5. The van der Waals surface area contributed by atoms with Gasteiger partial charge in [0.15, 0.2) is 0 Å².